The molecule has 0 saturated carbocycles. The Morgan fingerprint density at radius 3 is 1.61 bits per heavy atom. The number of rotatable bonds is 8. The highest BCUT2D eigenvalue weighted by atomic mass is 28.2. The quantitative estimate of drug-likeness (QED) is 0.390. The van der Waals surface area contributed by atoms with Crippen molar-refractivity contribution in [1.82, 2.24) is 0 Å². The molecule has 0 aliphatic heterocycles. The lowest BCUT2D eigenvalue weighted by molar-refractivity contribution is 0.202. The van der Waals surface area contributed by atoms with Crippen molar-refractivity contribution in [1.29, 1.82) is 0 Å². The molecule has 0 N–H and O–H groups in total. The molecule has 2 amide bonds. The molecule has 0 aliphatic rings. The predicted octanol–water partition coefficient (Wildman–Crippen LogP) is 2.32. The van der Waals surface area contributed by atoms with E-state index in [4.69, 9.17) is 8.85 Å². The topological polar surface area (TPSA) is 77.3 Å². The van der Waals surface area contributed by atoms with Crippen LogP contribution in [0.15, 0.2) is 10.2 Å². The van der Waals surface area contributed by atoms with Crippen LogP contribution < -0.4 is 0 Å². The zero-order valence-electron chi connectivity index (χ0n) is 11.2. The van der Waals surface area contributed by atoms with Crippen molar-refractivity contribution in [3.63, 3.8) is 0 Å². The van der Waals surface area contributed by atoms with Crippen LogP contribution in [0, 0.1) is 0 Å². The number of nitrogens with zero attached hydrogens (tertiary/aromatic N) is 2. The highest BCUT2D eigenvalue weighted by Gasteiger charge is 2.03. The van der Waals surface area contributed by atoms with Crippen LogP contribution in [0.4, 0.5) is 9.59 Å². The Morgan fingerprint density at radius 1 is 0.889 bits per heavy atom. The average molecular weight is 290 g/mol. The summed E-state index contributed by atoms with van der Waals surface area (Å²) >= 11 is 0. The van der Waals surface area contributed by atoms with Gasteiger partial charge in [-0.3, -0.25) is 0 Å². The summed E-state index contributed by atoms with van der Waals surface area (Å²) in [6.07, 6.45) is 2.74. The molecule has 0 aromatic heterocycles. The first-order valence-electron chi connectivity index (χ1n) is 6.46. The Kier molecular flexibility index (Phi) is 11.7. The minimum Gasteiger partial charge on any atom is -0.507 e. The van der Waals surface area contributed by atoms with Crippen molar-refractivity contribution in [3.8, 4) is 0 Å². The third kappa shape index (κ3) is 11.5. The van der Waals surface area contributed by atoms with E-state index in [0.717, 1.165) is 37.8 Å². The SMILES string of the molecule is CCCC[SiH2]OC(=O)N=NC(=O)O[SiH2]CCCC. The smallest absolute Gasteiger partial charge is 0.438 e. The molecular weight excluding hydrogens is 268 g/mol. The van der Waals surface area contributed by atoms with E-state index in [0.29, 0.717) is 0 Å². The molecule has 0 radical (unpaired) electrons. The number of unbranched alkanes of at least 4 members (excludes halogenated alkanes) is 2. The van der Waals surface area contributed by atoms with Gasteiger partial charge >= 0.3 is 12.2 Å². The fraction of sp³-hybridized carbons (Fsp3) is 0.800. The van der Waals surface area contributed by atoms with Crippen molar-refractivity contribution in [2.24, 2.45) is 10.2 Å². The fourth-order valence-electron chi connectivity index (χ4n) is 1.16. The molecule has 18 heavy (non-hydrogen) atoms. The molecule has 6 nitrogen and oxygen atoms in total. The van der Waals surface area contributed by atoms with Crippen LogP contribution in [-0.2, 0) is 8.85 Å². The van der Waals surface area contributed by atoms with Crippen LogP contribution in [0.1, 0.15) is 39.5 Å². The molecule has 0 aliphatic carbocycles. The highest BCUT2D eigenvalue weighted by molar-refractivity contribution is 6.30. The lowest BCUT2D eigenvalue weighted by Crippen LogP contribution is -2.06. The maximum atomic E-state index is 11.0. The minimum atomic E-state index is -0.862. The summed E-state index contributed by atoms with van der Waals surface area (Å²) in [6.45, 7) is 4.16. The first-order chi connectivity index (χ1) is 8.70. The Morgan fingerprint density at radius 2 is 1.28 bits per heavy atom. The summed E-state index contributed by atoms with van der Waals surface area (Å²) in [6, 6.07) is 1.87. The third-order valence-electron chi connectivity index (χ3n) is 2.16. The normalized spacial score (nSPS) is 11.9. The maximum absolute atomic E-state index is 11.0. The first-order valence-corrected chi connectivity index (χ1v) is 9.61. The van der Waals surface area contributed by atoms with Crippen LogP contribution in [0.25, 0.3) is 0 Å². The Balaban J connectivity index is 3.58. The summed E-state index contributed by atoms with van der Waals surface area (Å²) in [5, 5.41) is 6.33. The van der Waals surface area contributed by atoms with Gasteiger partial charge in [0.15, 0.2) is 0 Å². The van der Waals surface area contributed by atoms with Gasteiger partial charge in [0.2, 0.25) is 19.5 Å². The molecule has 0 atom stereocenters. The van der Waals surface area contributed by atoms with E-state index in [-0.39, 0.29) is 0 Å². The average Bonchev–Trinajstić information content (AvgIpc) is 2.37. The standard InChI is InChI=1S/C10H22N2O4Si2/c1-3-5-7-17-15-9(13)11-12-10(14)16-18-8-6-4-2/h3-8,17-18H2,1-2H3. The summed E-state index contributed by atoms with van der Waals surface area (Å²) in [5.74, 6) is 0. The van der Waals surface area contributed by atoms with E-state index in [1.54, 1.807) is 0 Å². The van der Waals surface area contributed by atoms with Gasteiger partial charge in [-0.25, -0.2) is 9.59 Å². The second-order valence-corrected chi connectivity index (χ2v) is 6.65. The molecule has 0 rings (SSSR count). The zero-order chi connectivity index (χ0) is 13.6. The Bertz CT molecular complexity index is 249. The van der Waals surface area contributed by atoms with E-state index in [9.17, 15) is 9.59 Å². The van der Waals surface area contributed by atoms with Crippen LogP contribution >= 0.6 is 0 Å². The Labute approximate surface area is 112 Å². The zero-order valence-corrected chi connectivity index (χ0v) is 14.0. The van der Waals surface area contributed by atoms with E-state index in [1.807, 2.05) is 0 Å². The van der Waals surface area contributed by atoms with E-state index in [2.05, 4.69) is 24.1 Å². The van der Waals surface area contributed by atoms with Gasteiger partial charge in [-0.05, 0) is 12.1 Å². The van der Waals surface area contributed by atoms with Crippen molar-refractivity contribution in [3.05, 3.63) is 0 Å². The van der Waals surface area contributed by atoms with Crippen molar-refractivity contribution in [2.45, 2.75) is 51.6 Å². The number of carbonyl (C=O) groups is 2. The number of amides is 2. The van der Waals surface area contributed by atoms with Crippen molar-refractivity contribution < 1.29 is 18.4 Å². The van der Waals surface area contributed by atoms with Gasteiger partial charge in [-0.1, -0.05) is 49.8 Å². The molecule has 0 heterocycles. The van der Waals surface area contributed by atoms with Crippen molar-refractivity contribution >= 4 is 31.7 Å². The molecule has 0 aromatic rings. The monoisotopic (exact) mass is 290 g/mol. The third-order valence-corrected chi connectivity index (χ3v) is 4.64. The maximum Gasteiger partial charge on any atom is 0.438 e. The van der Waals surface area contributed by atoms with Gasteiger partial charge in [0, 0.05) is 0 Å². The van der Waals surface area contributed by atoms with Crippen LogP contribution in [0.5, 0.6) is 0 Å². The number of carbonyl (C=O) groups excluding carboxylic acids is 2. The summed E-state index contributed by atoms with van der Waals surface area (Å²) < 4.78 is 9.76. The second-order valence-electron chi connectivity index (χ2n) is 3.84. The van der Waals surface area contributed by atoms with Gasteiger partial charge in [0.25, 0.3) is 0 Å². The van der Waals surface area contributed by atoms with E-state index < -0.39 is 31.7 Å². The van der Waals surface area contributed by atoms with Crippen LogP contribution in [-0.4, -0.2) is 31.7 Å². The number of azo groups is 1. The molecule has 104 valence electrons. The van der Waals surface area contributed by atoms with Crippen LogP contribution in [0.3, 0.4) is 0 Å². The number of hydrogen-bond acceptors (Lipinski definition) is 4. The predicted molar refractivity (Wildman–Crippen MR) is 74.3 cm³/mol. The van der Waals surface area contributed by atoms with Gasteiger partial charge in [0.1, 0.15) is 0 Å². The molecular formula is C10H22N2O4Si2. The fourth-order valence-corrected chi connectivity index (χ4v) is 3.32. The molecule has 0 aromatic carbocycles. The summed E-state index contributed by atoms with van der Waals surface area (Å²) in [4.78, 5) is 22.1. The second kappa shape index (κ2) is 12.4. The lowest BCUT2D eigenvalue weighted by Gasteiger charge is -1.99. The van der Waals surface area contributed by atoms with Gasteiger partial charge in [0.05, 0.1) is 0 Å². The molecule has 0 saturated heterocycles. The summed E-state index contributed by atoms with van der Waals surface area (Å²) in [5.41, 5.74) is 0. The summed E-state index contributed by atoms with van der Waals surface area (Å²) in [7, 11) is -1.72. The molecule has 0 spiro atoms. The Hall–Kier alpha value is -1.03. The van der Waals surface area contributed by atoms with Gasteiger partial charge in [-0.15, -0.1) is 0 Å². The first kappa shape index (κ1) is 17.0. The molecule has 8 heteroatoms. The minimum absolute atomic E-state index is 0.773. The van der Waals surface area contributed by atoms with Gasteiger partial charge < -0.3 is 8.85 Å². The molecule has 0 unspecified atom stereocenters. The molecule has 0 bridgehead atoms. The van der Waals surface area contributed by atoms with Gasteiger partial charge in [-0.2, -0.15) is 0 Å². The van der Waals surface area contributed by atoms with Crippen LogP contribution in [0.2, 0.25) is 12.1 Å². The van der Waals surface area contributed by atoms with Crippen molar-refractivity contribution in [2.75, 3.05) is 0 Å². The largest absolute Gasteiger partial charge is 0.507 e. The lowest BCUT2D eigenvalue weighted by atomic mass is 10.4. The van der Waals surface area contributed by atoms with E-state index >= 15 is 0 Å². The number of hydrogen-bond donors (Lipinski definition) is 0. The molecule has 0 fully saturated rings. The highest BCUT2D eigenvalue weighted by Crippen LogP contribution is 1.97. The van der Waals surface area contributed by atoms with E-state index in [1.165, 1.54) is 0 Å².